The molecule has 16 heavy (non-hydrogen) atoms. The van der Waals surface area contributed by atoms with Gasteiger partial charge in [0.25, 0.3) is 0 Å². The van der Waals surface area contributed by atoms with Gasteiger partial charge in [0.2, 0.25) is 0 Å². The molecule has 0 aliphatic heterocycles. The maximum Gasteiger partial charge on any atom is 0.401 e. The van der Waals surface area contributed by atoms with Crippen molar-refractivity contribution in [3.63, 3.8) is 0 Å². The average Bonchev–Trinajstić information content (AvgIpc) is 2.16. The van der Waals surface area contributed by atoms with Crippen LogP contribution in [0.4, 0.5) is 13.2 Å². The number of carboxylic acids is 1. The van der Waals surface area contributed by atoms with Gasteiger partial charge >= 0.3 is 12.1 Å². The second-order valence-corrected chi connectivity index (χ2v) is 4.02. The largest absolute Gasteiger partial charge is 0.481 e. The van der Waals surface area contributed by atoms with E-state index in [0.29, 0.717) is 11.8 Å². The Balaban J connectivity index is 2.75. The Morgan fingerprint density at radius 2 is 2.25 bits per heavy atom. The van der Waals surface area contributed by atoms with Crippen molar-refractivity contribution >= 4 is 17.7 Å². The minimum Gasteiger partial charge on any atom is -0.481 e. The molecule has 0 aliphatic carbocycles. The zero-order chi connectivity index (χ0) is 12.2. The summed E-state index contributed by atoms with van der Waals surface area (Å²) in [6.07, 6.45) is -3.16. The lowest BCUT2D eigenvalue weighted by molar-refractivity contribution is -0.149. The summed E-state index contributed by atoms with van der Waals surface area (Å²) in [7, 11) is 0. The van der Waals surface area contributed by atoms with Crippen LogP contribution in [0.1, 0.15) is 6.42 Å². The van der Waals surface area contributed by atoms with Crippen LogP contribution in [0.25, 0.3) is 0 Å². The molecule has 8 heteroatoms. The van der Waals surface area contributed by atoms with E-state index in [0.717, 1.165) is 6.33 Å². The molecule has 1 N–H and O–H groups in total. The lowest BCUT2D eigenvalue weighted by Gasteiger charge is -2.17. The summed E-state index contributed by atoms with van der Waals surface area (Å²) in [4.78, 5) is 17.5. The summed E-state index contributed by atoms with van der Waals surface area (Å²) in [5.74, 6) is -1.50. The third-order valence-corrected chi connectivity index (χ3v) is 2.74. The Kier molecular flexibility index (Phi) is 4.11. The van der Waals surface area contributed by atoms with Crippen LogP contribution in [0.2, 0.25) is 0 Å². The number of halogens is 3. The van der Waals surface area contributed by atoms with E-state index in [1.165, 1.54) is 12.3 Å². The van der Waals surface area contributed by atoms with E-state index >= 15 is 0 Å². The van der Waals surface area contributed by atoms with Crippen molar-refractivity contribution in [1.82, 2.24) is 9.97 Å². The van der Waals surface area contributed by atoms with Crippen LogP contribution in [-0.4, -0.2) is 32.5 Å². The number of rotatable bonds is 4. The lowest BCUT2D eigenvalue weighted by Crippen LogP contribution is -2.28. The van der Waals surface area contributed by atoms with Crippen molar-refractivity contribution in [2.24, 2.45) is 0 Å². The minimum atomic E-state index is -4.58. The van der Waals surface area contributed by atoms with Crippen molar-refractivity contribution in [2.45, 2.75) is 22.9 Å². The van der Waals surface area contributed by atoms with Crippen molar-refractivity contribution in [3.05, 3.63) is 18.6 Å². The van der Waals surface area contributed by atoms with Crippen LogP contribution in [-0.2, 0) is 4.79 Å². The first kappa shape index (κ1) is 12.8. The highest BCUT2D eigenvalue weighted by Gasteiger charge is 2.42. The quantitative estimate of drug-likeness (QED) is 0.655. The van der Waals surface area contributed by atoms with Crippen molar-refractivity contribution < 1.29 is 23.1 Å². The van der Waals surface area contributed by atoms with Gasteiger partial charge in [0, 0.05) is 6.20 Å². The molecule has 1 aromatic heterocycles. The highest BCUT2D eigenvalue weighted by Crippen LogP contribution is 2.36. The van der Waals surface area contributed by atoms with Gasteiger partial charge in [-0.1, -0.05) is 11.8 Å². The first-order chi connectivity index (χ1) is 7.39. The SMILES string of the molecule is O=C(O)CC(Sc1ccncn1)C(F)(F)F. The fourth-order valence-electron chi connectivity index (χ4n) is 0.877. The average molecular weight is 252 g/mol. The zero-order valence-electron chi connectivity index (χ0n) is 7.81. The lowest BCUT2D eigenvalue weighted by atomic mass is 10.3. The molecule has 0 spiro atoms. The number of hydrogen-bond donors (Lipinski definition) is 1. The summed E-state index contributed by atoms with van der Waals surface area (Å²) in [5.41, 5.74) is 0. The molecule has 1 rings (SSSR count). The fourth-order valence-corrected chi connectivity index (χ4v) is 1.78. The van der Waals surface area contributed by atoms with E-state index in [4.69, 9.17) is 5.11 Å². The molecular weight excluding hydrogens is 245 g/mol. The molecule has 0 fully saturated rings. The second kappa shape index (κ2) is 5.15. The first-order valence-corrected chi connectivity index (χ1v) is 4.98. The molecule has 4 nitrogen and oxygen atoms in total. The molecule has 0 saturated heterocycles. The van der Waals surface area contributed by atoms with Gasteiger partial charge in [-0.2, -0.15) is 13.2 Å². The molecule has 0 radical (unpaired) electrons. The van der Waals surface area contributed by atoms with Gasteiger partial charge < -0.3 is 5.11 Å². The number of alkyl halides is 3. The molecule has 0 aliphatic rings. The van der Waals surface area contributed by atoms with Crippen LogP contribution in [0.15, 0.2) is 23.6 Å². The maximum absolute atomic E-state index is 12.4. The van der Waals surface area contributed by atoms with Gasteiger partial charge in [-0.15, -0.1) is 0 Å². The third-order valence-electron chi connectivity index (χ3n) is 1.54. The van der Waals surface area contributed by atoms with Crippen molar-refractivity contribution in [2.75, 3.05) is 0 Å². The van der Waals surface area contributed by atoms with Crippen LogP contribution < -0.4 is 0 Å². The Hall–Kier alpha value is -1.31. The summed E-state index contributed by atoms with van der Waals surface area (Å²) in [6, 6.07) is 1.30. The van der Waals surface area contributed by atoms with Gasteiger partial charge in [0.05, 0.1) is 11.4 Å². The van der Waals surface area contributed by atoms with Crippen LogP contribution in [0.5, 0.6) is 0 Å². The molecule has 0 saturated carbocycles. The van der Waals surface area contributed by atoms with Crippen LogP contribution in [0, 0.1) is 0 Å². The molecule has 1 unspecified atom stereocenters. The molecule has 1 atom stereocenters. The van der Waals surface area contributed by atoms with Gasteiger partial charge in [-0.25, -0.2) is 9.97 Å². The first-order valence-electron chi connectivity index (χ1n) is 4.11. The number of thioether (sulfide) groups is 1. The molecule has 88 valence electrons. The number of aliphatic carboxylic acids is 1. The van der Waals surface area contributed by atoms with E-state index < -0.39 is 23.8 Å². The molecule has 0 bridgehead atoms. The summed E-state index contributed by atoms with van der Waals surface area (Å²) >= 11 is 0.367. The Bertz CT molecular complexity index is 358. The molecule has 1 heterocycles. The number of hydrogen-bond acceptors (Lipinski definition) is 4. The molecule has 0 aromatic carbocycles. The number of carbonyl (C=O) groups is 1. The topological polar surface area (TPSA) is 63.1 Å². The van der Waals surface area contributed by atoms with E-state index in [1.807, 2.05) is 0 Å². The Morgan fingerprint density at radius 1 is 1.56 bits per heavy atom. The zero-order valence-corrected chi connectivity index (χ0v) is 8.63. The summed E-state index contributed by atoms with van der Waals surface area (Å²) in [6.45, 7) is 0. The predicted molar refractivity (Wildman–Crippen MR) is 50.0 cm³/mol. The smallest absolute Gasteiger partial charge is 0.401 e. The third kappa shape index (κ3) is 4.05. The van der Waals surface area contributed by atoms with E-state index in [2.05, 4.69) is 9.97 Å². The number of carboxylic acid groups (broad SMARTS) is 1. The van der Waals surface area contributed by atoms with E-state index in [1.54, 1.807) is 0 Å². The van der Waals surface area contributed by atoms with Gasteiger partial charge in [-0.3, -0.25) is 4.79 Å². The minimum absolute atomic E-state index is 0.0959. The highest BCUT2D eigenvalue weighted by atomic mass is 32.2. The van der Waals surface area contributed by atoms with Gasteiger partial charge in [0.1, 0.15) is 11.6 Å². The predicted octanol–water partition coefficient (Wildman–Crippen LogP) is 1.97. The van der Waals surface area contributed by atoms with Crippen LogP contribution >= 0.6 is 11.8 Å². The van der Waals surface area contributed by atoms with Gasteiger partial charge in [0.15, 0.2) is 0 Å². The van der Waals surface area contributed by atoms with E-state index in [-0.39, 0.29) is 5.03 Å². The monoisotopic (exact) mass is 252 g/mol. The second-order valence-electron chi connectivity index (χ2n) is 2.79. The van der Waals surface area contributed by atoms with Gasteiger partial charge in [-0.05, 0) is 6.07 Å². The molecular formula is C8H7F3N2O2S. The number of nitrogens with zero attached hydrogens (tertiary/aromatic N) is 2. The standard InChI is InChI=1S/C8H7F3N2O2S/c9-8(10,11)5(3-7(14)15)16-6-1-2-12-4-13-6/h1-2,4-5H,3H2,(H,14,15). The van der Waals surface area contributed by atoms with Crippen LogP contribution in [0.3, 0.4) is 0 Å². The molecule has 1 aromatic rings. The van der Waals surface area contributed by atoms with Crippen molar-refractivity contribution in [1.29, 1.82) is 0 Å². The summed E-state index contributed by atoms with van der Waals surface area (Å²) in [5, 5.41) is 6.47. The Labute approximate surface area is 92.9 Å². The maximum atomic E-state index is 12.4. The van der Waals surface area contributed by atoms with E-state index in [9.17, 15) is 18.0 Å². The highest BCUT2D eigenvalue weighted by molar-refractivity contribution is 8.00. The summed E-state index contributed by atoms with van der Waals surface area (Å²) < 4.78 is 37.3. The normalized spacial score (nSPS) is 13.4. The number of aromatic nitrogens is 2. The fraction of sp³-hybridized carbons (Fsp3) is 0.375. The Morgan fingerprint density at radius 3 is 2.69 bits per heavy atom. The molecule has 0 amide bonds. The van der Waals surface area contributed by atoms with Crippen molar-refractivity contribution in [3.8, 4) is 0 Å².